The van der Waals surface area contributed by atoms with Gasteiger partial charge in [-0.3, -0.25) is 4.90 Å². The van der Waals surface area contributed by atoms with Gasteiger partial charge in [-0.2, -0.15) is 0 Å². The number of methoxy groups -OCH3 is 1. The normalized spacial score (nSPS) is 15.4. The van der Waals surface area contributed by atoms with Crippen molar-refractivity contribution < 1.29 is 4.74 Å². The van der Waals surface area contributed by atoms with Crippen LogP contribution in [-0.4, -0.2) is 30.6 Å². The first kappa shape index (κ1) is 16.0. The maximum absolute atomic E-state index is 6.23. The molecule has 108 valence electrons. The molecule has 3 heteroatoms. The Hall–Kier alpha value is -1.06. The molecule has 0 bridgehead atoms. The van der Waals surface area contributed by atoms with Crippen molar-refractivity contribution in [2.45, 2.75) is 51.7 Å². The van der Waals surface area contributed by atoms with Crippen molar-refractivity contribution in [2.75, 3.05) is 14.2 Å². The number of likely N-dealkylation sites (N-methyl/N-ethyl adjacent to an activating group) is 1. The van der Waals surface area contributed by atoms with Gasteiger partial charge in [0.1, 0.15) is 5.75 Å². The third kappa shape index (κ3) is 3.71. The van der Waals surface area contributed by atoms with Crippen molar-refractivity contribution >= 4 is 0 Å². The third-order valence-corrected chi connectivity index (χ3v) is 4.17. The van der Waals surface area contributed by atoms with Gasteiger partial charge < -0.3 is 10.5 Å². The van der Waals surface area contributed by atoms with E-state index in [4.69, 9.17) is 10.5 Å². The van der Waals surface area contributed by atoms with Crippen molar-refractivity contribution in [1.29, 1.82) is 0 Å². The van der Waals surface area contributed by atoms with Crippen LogP contribution in [-0.2, 0) is 0 Å². The minimum absolute atomic E-state index is 0.0583. The van der Waals surface area contributed by atoms with Gasteiger partial charge in [-0.25, -0.2) is 0 Å². The monoisotopic (exact) mass is 264 g/mol. The molecular weight excluding hydrogens is 236 g/mol. The molecule has 19 heavy (non-hydrogen) atoms. The predicted molar refractivity (Wildman–Crippen MR) is 81.5 cm³/mol. The van der Waals surface area contributed by atoms with E-state index in [9.17, 15) is 0 Å². The van der Waals surface area contributed by atoms with E-state index < -0.39 is 0 Å². The Morgan fingerprint density at radius 2 is 2.00 bits per heavy atom. The number of nitrogens with two attached hydrogens (primary N) is 1. The topological polar surface area (TPSA) is 38.5 Å². The molecule has 0 radical (unpaired) electrons. The lowest BCUT2D eigenvalue weighted by Crippen LogP contribution is -2.48. The van der Waals surface area contributed by atoms with Crippen LogP contribution in [0, 0.1) is 0 Å². The van der Waals surface area contributed by atoms with Crippen LogP contribution >= 0.6 is 0 Å². The van der Waals surface area contributed by atoms with Crippen LogP contribution in [0.1, 0.15) is 45.7 Å². The van der Waals surface area contributed by atoms with Crippen LogP contribution in [0.4, 0.5) is 0 Å². The van der Waals surface area contributed by atoms with E-state index in [-0.39, 0.29) is 17.6 Å². The zero-order valence-electron chi connectivity index (χ0n) is 13.1. The summed E-state index contributed by atoms with van der Waals surface area (Å²) in [7, 11) is 3.84. The summed E-state index contributed by atoms with van der Waals surface area (Å²) in [4.78, 5) is 2.37. The van der Waals surface area contributed by atoms with E-state index in [1.54, 1.807) is 7.11 Å². The van der Waals surface area contributed by atoms with E-state index in [2.05, 4.69) is 51.8 Å². The van der Waals surface area contributed by atoms with E-state index in [0.717, 1.165) is 12.2 Å². The highest BCUT2D eigenvalue weighted by Crippen LogP contribution is 2.31. The molecule has 0 amide bonds. The van der Waals surface area contributed by atoms with Crippen LogP contribution in [0.2, 0.25) is 0 Å². The Kier molecular flexibility index (Phi) is 5.39. The molecule has 1 aromatic carbocycles. The molecule has 0 saturated carbocycles. The highest BCUT2D eigenvalue weighted by atomic mass is 16.5. The summed E-state index contributed by atoms with van der Waals surface area (Å²) in [5.41, 5.74) is 7.55. The Bertz CT molecular complexity index is 401. The number of nitrogens with zero attached hydrogens (tertiary/aromatic N) is 1. The molecule has 0 saturated heterocycles. The summed E-state index contributed by atoms with van der Waals surface area (Å²) >= 11 is 0. The van der Waals surface area contributed by atoms with Gasteiger partial charge in [0.15, 0.2) is 0 Å². The molecule has 2 atom stereocenters. The van der Waals surface area contributed by atoms with Crippen LogP contribution in [0.15, 0.2) is 24.3 Å². The zero-order chi connectivity index (χ0) is 14.6. The second kappa shape index (κ2) is 6.40. The minimum Gasteiger partial charge on any atom is -0.497 e. The highest BCUT2D eigenvalue weighted by Gasteiger charge is 2.31. The molecule has 3 nitrogen and oxygen atoms in total. The van der Waals surface area contributed by atoms with Crippen molar-refractivity contribution in [2.24, 2.45) is 5.73 Å². The maximum Gasteiger partial charge on any atom is 0.119 e. The number of hydrogen-bond donors (Lipinski definition) is 1. The highest BCUT2D eigenvalue weighted by molar-refractivity contribution is 5.31. The standard InChI is InChI=1S/C16H28N2O/c1-7-16(3,4)18(5)15(12(2)17)13-9-8-10-14(11-13)19-6/h8-12,15H,7,17H2,1-6H3. The van der Waals surface area contributed by atoms with Crippen molar-refractivity contribution in [3.8, 4) is 5.75 Å². The van der Waals surface area contributed by atoms with Crippen LogP contribution < -0.4 is 10.5 Å². The van der Waals surface area contributed by atoms with E-state index in [1.807, 2.05) is 12.1 Å². The maximum atomic E-state index is 6.23. The Balaban J connectivity index is 3.13. The predicted octanol–water partition coefficient (Wildman–Crippen LogP) is 3.20. The van der Waals surface area contributed by atoms with Gasteiger partial charge in [0.25, 0.3) is 0 Å². The molecular formula is C16H28N2O. The average molecular weight is 264 g/mol. The lowest BCUT2D eigenvalue weighted by Gasteiger charge is -2.42. The first-order valence-electron chi connectivity index (χ1n) is 6.96. The SMILES string of the molecule is CCC(C)(C)N(C)C(c1cccc(OC)c1)C(C)N. The van der Waals surface area contributed by atoms with Gasteiger partial charge in [0, 0.05) is 17.6 Å². The van der Waals surface area contributed by atoms with Crippen molar-refractivity contribution in [3.63, 3.8) is 0 Å². The van der Waals surface area contributed by atoms with Gasteiger partial charge in [0.05, 0.1) is 7.11 Å². The Morgan fingerprint density at radius 1 is 1.37 bits per heavy atom. The Morgan fingerprint density at radius 3 is 2.47 bits per heavy atom. The largest absolute Gasteiger partial charge is 0.497 e. The molecule has 0 aliphatic carbocycles. The third-order valence-electron chi connectivity index (χ3n) is 4.17. The lowest BCUT2D eigenvalue weighted by atomic mass is 9.92. The quantitative estimate of drug-likeness (QED) is 0.857. The molecule has 1 aromatic rings. The molecule has 0 aliphatic rings. The summed E-state index contributed by atoms with van der Waals surface area (Å²) in [6, 6.07) is 8.44. The molecule has 0 spiro atoms. The minimum atomic E-state index is 0.0583. The molecule has 1 rings (SSSR count). The van der Waals surface area contributed by atoms with Crippen molar-refractivity contribution in [3.05, 3.63) is 29.8 Å². The van der Waals surface area contributed by atoms with E-state index in [0.29, 0.717) is 0 Å². The van der Waals surface area contributed by atoms with Gasteiger partial charge in [-0.15, -0.1) is 0 Å². The first-order valence-corrected chi connectivity index (χ1v) is 6.96. The summed E-state index contributed by atoms with van der Waals surface area (Å²) in [5.74, 6) is 0.880. The fourth-order valence-electron chi connectivity index (χ4n) is 2.33. The van der Waals surface area contributed by atoms with Gasteiger partial charge in [-0.1, -0.05) is 19.1 Å². The van der Waals surface area contributed by atoms with Crippen LogP contribution in [0.3, 0.4) is 0 Å². The lowest BCUT2D eigenvalue weighted by molar-refractivity contribution is 0.0846. The molecule has 2 unspecified atom stereocenters. The average Bonchev–Trinajstić information content (AvgIpc) is 2.38. The number of rotatable bonds is 6. The van der Waals surface area contributed by atoms with Crippen LogP contribution in [0.25, 0.3) is 0 Å². The second-order valence-electron chi connectivity index (χ2n) is 5.86. The fraction of sp³-hybridized carbons (Fsp3) is 0.625. The van der Waals surface area contributed by atoms with E-state index in [1.165, 1.54) is 5.56 Å². The van der Waals surface area contributed by atoms with E-state index >= 15 is 0 Å². The first-order chi connectivity index (χ1) is 8.83. The fourth-order valence-corrected chi connectivity index (χ4v) is 2.33. The van der Waals surface area contributed by atoms with Gasteiger partial charge in [-0.05, 0) is 51.9 Å². The Labute approximate surface area is 117 Å². The molecule has 0 heterocycles. The van der Waals surface area contributed by atoms with Gasteiger partial charge in [0.2, 0.25) is 0 Å². The van der Waals surface area contributed by atoms with Crippen LogP contribution in [0.5, 0.6) is 5.75 Å². The number of hydrogen-bond acceptors (Lipinski definition) is 3. The molecule has 0 aromatic heterocycles. The second-order valence-corrected chi connectivity index (χ2v) is 5.86. The smallest absolute Gasteiger partial charge is 0.119 e. The molecule has 0 aliphatic heterocycles. The molecule has 2 N–H and O–H groups in total. The summed E-state index contributed by atoms with van der Waals surface area (Å²) in [5, 5.41) is 0. The summed E-state index contributed by atoms with van der Waals surface area (Å²) < 4.78 is 5.32. The summed E-state index contributed by atoms with van der Waals surface area (Å²) in [6.45, 7) is 8.78. The van der Waals surface area contributed by atoms with Gasteiger partial charge >= 0.3 is 0 Å². The summed E-state index contributed by atoms with van der Waals surface area (Å²) in [6.07, 6.45) is 1.08. The molecule has 0 fully saturated rings. The number of ether oxygens (including phenoxy) is 1. The zero-order valence-corrected chi connectivity index (χ0v) is 13.1. The number of benzene rings is 1. The van der Waals surface area contributed by atoms with Crippen molar-refractivity contribution in [1.82, 2.24) is 4.90 Å².